The molecular formula is C20H27N3O5. The van der Waals surface area contributed by atoms with Gasteiger partial charge in [-0.3, -0.25) is 30.0 Å². The van der Waals surface area contributed by atoms with Gasteiger partial charge in [-0.05, 0) is 49.9 Å². The number of amides is 3. The van der Waals surface area contributed by atoms with E-state index in [1.807, 2.05) is 26.0 Å². The molecule has 0 saturated heterocycles. The van der Waals surface area contributed by atoms with E-state index >= 15 is 0 Å². The first kappa shape index (κ1) is 21.4. The Bertz CT molecular complexity index is 762. The zero-order chi connectivity index (χ0) is 20.7. The van der Waals surface area contributed by atoms with Gasteiger partial charge < -0.3 is 10.4 Å². The van der Waals surface area contributed by atoms with Gasteiger partial charge in [0.15, 0.2) is 0 Å². The predicted molar refractivity (Wildman–Crippen MR) is 103 cm³/mol. The Labute approximate surface area is 164 Å². The molecule has 0 spiro atoms. The van der Waals surface area contributed by atoms with E-state index in [1.54, 1.807) is 6.07 Å². The van der Waals surface area contributed by atoms with E-state index in [-0.39, 0.29) is 18.7 Å². The fourth-order valence-electron chi connectivity index (χ4n) is 3.30. The number of carbonyl (C=O) groups excluding carboxylic acids is 3. The highest BCUT2D eigenvalue weighted by molar-refractivity contribution is 5.93. The Morgan fingerprint density at radius 1 is 0.929 bits per heavy atom. The third-order valence-electron chi connectivity index (χ3n) is 5.11. The molecule has 152 valence electrons. The molecule has 0 aromatic heterocycles. The monoisotopic (exact) mass is 389 g/mol. The number of carboxylic acid groups (broad SMARTS) is 1. The van der Waals surface area contributed by atoms with Gasteiger partial charge in [-0.1, -0.05) is 18.9 Å². The average Bonchev–Trinajstić information content (AvgIpc) is 2.67. The van der Waals surface area contributed by atoms with Crippen LogP contribution < -0.4 is 16.2 Å². The molecule has 1 aromatic rings. The zero-order valence-electron chi connectivity index (χ0n) is 16.2. The van der Waals surface area contributed by atoms with Crippen LogP contribution in [0.15, 0.2) is 18.2 Å². The maximum Gasteiger partial charge on any atom is 0.307 e. The topological polar surface area (TPSA) is 125 Å². The molecule has 28 heavy (non-hydrogen) atoms. The lowest BCUT2D eigenvalue weighted by molar-refractivity contribution is -0.149. The van der Waals surface area contributed by atoms with Crippen LogP contribution in [0.3, 0.4) is 0 Å². The summed E-state index contributed by atoms with van der Waals surface area (Å²) in [5, 5.41) is 12.0. The minimum atomic E-state index is -0.991. The van der Waals surface area contributed by atoms with Crippen LogP contribution >= 0.6 is 0 Å². The third-order valence-corrected chi connectivity index (χ3v) is 5.11. The summed E-state index contributed by atoms with van der Waals surface area (Å²) in [5.41, 5.74) is 7.40. The number of carboxylic acids is 1. The van der Waals surface area contributed by atoms with Crippen LogP contribution in [0.25, 0.3) is 0 Å². The normalized spacial score (nSPS) is 18.8. The van der Waals surface area contributed by atoms with Crippen LogP contribution in [-0.4, -0.2) is 28.8 Å². The molecule has 8 nitrogen and oxygen atoms in total. The van der Waals surface area contributed by atoms with Crippen molar-refractivity contribution in [3.63, 3.8) is 0 Å². The molecular weight excluding hydrogens is 362 g/mol. The molecule has 0 radical (unpaired) electrons. The summed E-state index contributed by atoms with van der Waals surface area (Å²) in [7, 11) is 0. The van der Waals surface area contributed by atoms with E-state index < -0.39 is 29.6 Å². The maximum absolute atomic E-state index is 12.2. The van der Waals surface area contributed by atoms with Crippen molar-refractivity contribution in [1.29, 1.82) is 0 Å². The maximum atomic E-state index is 12.2. The van der Waals surface area contributed by atoms with Gasteiger partial charge in [-0.15, -0.1) is 0 Å². The zero-order valence-corrected chi connectivity index (χ0v) is 16.2. The van der Waals surface area contributed by atoms with Crippen LogP contribution in [0, 0.1) is 25.7 Å². The molecule has 0 bridgehead atoms. The molecule has 4 N–H and O–H groups in total. The second-order valence-electron chi connectivity index (χ2n) is 7.22. The van der Waals surface area contributed by atoms with Crippen LogP contribution in [0.5, 0.6) is 0 Å². The average molecular weight is 389 g/mol. The Kier molecular flexibility index (Phi) is 7.54. The van der Waals surface area contributed by atoms with Crippen molar-refractivity contribution in [2.24, 2.45) is 11.8 Å². The molecule has 1 aliphatic rings. The van der Waals surface area contributed by atoms with Crippen LogP contribution in [0.1, 0.15) is 49.7 Å². The molecule has 0 heterocycles. The summed E-state index contributed by atoms with van der Waals surface area (Å²) in [6.07, 6.45) is 2.38. The van der Waals surface area contributed by atoms with E-state index in [0.29, 0.717) is 18.5 Å². The highest BCUT2D eigenvalue weighted by atomic mass is 16.4. The lowest BCUT2D eigenvalue weighted by Crippen LogP contribution is -2.48. The van der Waals surface area contributed by atoms with Gasteiger partial charge in [-0.2, -0.15) is 0 Å². The first-order chi connectivity index (χ1) is 13.3. The smallest absolute Gasteiger partial charge is 0.307 e. The van der Waals surface area contributed by atoms with Crippen molar-refractivity contribution in [2.75, 3.05) is 5.32 Å². The Morgan fingerprint density at radius 3 is 2.21 bits per heavy atom. The fourth-order valence-corrected chi connectivity index (χ4v) is 3.30. The van der Waals surface area contributed by atoms with Crippen LogP contribution in [0.2, 0.25) is 0 Å². The molecule has 2 atom stereocenters. The number of carbonyl (C=O) groups is 4. The van der Waals surface area contributed by atoms with Gasteiger partial charge in [0.1, 0.15) is 0 Å². The summed E-state index contributed by atoms with van der Waals surface area (Å²) >= 11 is 0. The number of hydrazine groups is 1. The number of nitrogens with one attached hydrogen (secondary N) is 3. The third kappa shape index (κ3) is 6.07. The van der Waals surface area contributed by atoms with Gasteiger partial charge in [0.05, 0.1) is 11.8 Å². The summed E-state index contributed by atoms with van der Waals surface area (Å²) in [5.74, 6) is -3.68. The van der Waals surface area contributed by atoms with E-state index in [4.69, 9.17) is 0 Å². The second kappa shape index (κ2) is 9.87. The highest BCUT2D eigenvalue weighted by Crippen LogP contribution is 2.30. The largest absolute Gasteiger partial charge is 0.481 e. The molecule has 0 aliphatic heterocycles. The predicted octanol–water partition coefficient (Wildman–Crippen LogP) is 2.06. The van der Waals surface area contributed by atoms with E-state index in [1.165, 1.54) is 0 Å². The standard InChI is InChI=1S/C20H27N3O5/c1-12-7-8-14(11-13(12)2)21-17(24)9-10-18(25)22-23-19(26)15-5-3-4-6-16(15)20(27)28/h7-8,11,15-16H,3-6,9-10H2,1-2H3,(H,21,24)(H,22,25)(H,23,26)(H,27,28)/t15-,16-/m0/s1. The minimum absolute atomic E-state index is 0.0319. The van der Waals surface area contributed by atoms with E-state index in [9.17, 15) is 24.3 Å². The summed E-state index contributed by atoms with van der Waals surface area (Å²) in [6, 6.07) is 5.56. The van der Waals surface area contributed by atoms with Crippen LogP contribution in [0.4, 0.5) is 5.69 Å². The van der Waals surface area contributed by atoms with Crippen molar-refractivity contribution in [2.45, 2.75) is 52.4 Å². The molecule has 8 heteroatoms. The molecule has 0 unspecified atom stereocenters. The number of rotatable bonds is 6. The first-order valence-electron chi connectivity index (χ1n) is 9.46. The van der Waals surface area contributed by atoms with E-state index in [0.717, 1.165) is 24.0 Å². The first-order valence-corrected chi connectivity index (χ1v) is 9.46. The number of benzene rings is 1. The summed E-state index contributed by atoms with van der Waals surface area (Å²) in [6.45, 7) is 3.92. The van der Waals surface area contributed by atoms with Crippen molar-refractivity contribution in [1.82, 2.24) is 10.9 Å². The molecule has 2 rings (SSSR count). The van der Waals surface area contributed by atoms with Crippen molar-refractivity contribution >= 4 is 29.4 Å². The number of aryl methyl sites for hydroxylation is 2. The molecule has 1 aromatic carbocycles. The number of anilines is 1. The lowest BCUT2D eigenvalue weighted by atomic mass is 9.79. The lowest BCUT2D eigenvalue weighted by Gasteiger charge is -2.27. The van der Waals surface area contributed by atoms with Crippen LogP contribution in [-0.2, 0) is 19.2 Å². The van der Waals surface area contributed by atoms with Gasteiger partial charge in [0.2, 0.25) is 17.7 Å². The second-order valence-corrected chi connectivity index (χ2v) is 7.22. The fraction of sp³-hybridized carbons (Fsp3) is 0.500. The number of hydrogen-bond acceptors (Lipinski definition) is 4. The molecule has 1 saturated carbocycles. The van der Waals surface area contributed by atoms with Crippen molar-refractivity contribution in [3.8, 4) is 0 Å². The van der Waals surface area contributed by atoms with Crippen molar-refractivity contribution in [3.05, 3.63) is 29.3 Å². The Hall–Kier alpha value is -2.90. The van der Waals surface area contributed by atoms with Gasteiger partial charge in [0.25, 0.3) is 0 Å². The SMILES string of the molecule is Cc1ccc(NC(=O)CCC(=O)NNC(=O)[C@H]2CCCC[C@@H]2C(=O)O)cc1C. The van der Waals surface area contributed by atoms with Crippen molar-refractivity contribution < 1.29 is 24.3 Å². The highest BCUT2D eigenvalue weighted by Gasteiger charge is 2.35. The number of aliphatic carboxylic acids is 1. The van der Waals surface area contributed by atoms with Gasteiger partial charge >= 0.3 is 5.97 Å². The molecule has 3 amide bonds. The summed E-state index contributed by atoms with van der Waals surface area (Å²) < 4.78 is 0. The minimum Gasteiger partial charge on any atom is -0.481 e. The quantitative estimate of drug-likeness (QED) is 0.554. The molecule has 1 fully saturated rings. The van der Waals surface area contributed by atoms with Gasteiger partial charge in [0, 0.05) is 18.5 Å². The van der Waals surface area contributed by atoms with E-state index in [2.05, 4.69) is 16.2 Å². The molecule has 1 aliphatic carbocycles. The summed E-state index contributed by atoms with van der Waals surface area (Å²) in [4.78, 5) is 47.3. The Morgan fingerprint density at radius 2 is 1.57 bits per heavy atom. The Balaban J connectivity index is 1.74. The number of hydrogen-bond donors (Lipinski definition) is 4. The van der Waals surface area contributed by atoms with Gasteiger partial charge in [-0.25, -0.2) is 0 Å².